The minimum absolute atomic E-state index is 0.0255. The van der Waals surface area contributed by atoms with E-state index in [4.69, 9.17) is 5.26 Å². The molecule has 30 heavy (non-hydrogen) atoms. The van der Waals surface area contributed by atoms with Crippen LogP contribution >= 0.6 is 0 Å². The summed E-state index contributed by atoms with van der Waals surface area (Å²) >= 11 is 0. The van der Waals surface area contributed by atoms with E-state index in [1.807, 2.05) is 13.0 Å². The van der Waals surface area contributed by atoms with Gasteiger partial charge in [0.25, 0.3) is 5.91 Å². The zero-order valence-corrected chi connectivity index (χ0v) is 16.8. The molecule has 2 aliphatic heterocycles. The van der Waals surface area contributed by atoms with Gasteiger partial charge in [-0.25, -0.2) is 15.0 Å². The molecule has 3 amide bonds. The van der Waals surface area contributed by atoms with Gasteiger partial charge in [-0.1, -0.05) is 6.07 Å². The van der Waals surface area contributed by atoms with Crippen molar-refractivity contribution < 1.29 is 23.9 Å². The number of nitrogens with one attached hydrogen (secondary N) is 3. The summed E-state index contributed by atoms with van der Waals surface area (Å²) in [5, 5.41) is 16.0. The SMILES string of the molecule is COC(=O)NCN1CC(C)N2NC(c3ccc(C#N)cc3NC(=O)OC)C=C2C1=O. The van der Waals surface area contributed by atoms with Gasteiger partial charge in [-0.05, 0) is 30.7 Å². The average molecular weight is 414 g/mol. The van der Waals surface area contributed by atoms with Gasteiger partial charge in [-0.2, -0.15) is 5.26 Å². The number of fused-ring (bicyclic) bond motifs is 1. The standard InChI is InChI=1S/C19H22N6O5/c1-11-9-24(10-21-18(27)29-2)17(26)16-7-15(23-25(11)16)13-5-4-12(8-20)6-14(13)22-19(28)30-3/h4-7,11,15,23H,9-10H2,1-3H3,(H,21,27)(H,22,28). The lowest BCUT2D eigenvalue weighted by atomic mass is 10.0. The summed E-state index contributed by atoms with van der Waals surface area (Å²) in [5.41, 5.74) is 5.13. The van der Waals surface area contributed by atoms with Crippen LogP contribution in [0.15, 0.2) is 30.0 Å². The highest BCUT2D eigenvalue weighted by atomic mass is 16.5. The number of methoxy groups -OCH3 is 2. The quantitative estimate of drug-likeness (QED) is 0.665. The Bertz CT molecular complexity index is 940. The molecule has 2 heterocycles. The van der Waals surface area contributed by atoms with Crippen molar-refractivity contribution in [3.63, 3.8) is 0 Å². The van der Waals surface area contributed by atoms with Crippen LogP contribution < -0.4 is 16.1 Å². The number of hydrogen-bond donors (Lipinski definition) is 3. The minimum Gasteiger partial charge on any atom is -0.453 e. The number of carbonyl (C=O) groups excluding carboxylic acids is 3. The molecule has 0 aromatic heterocycles. The van der Waals surface area contributed by atoms with Crippen molar-refractivity contribution >= 4 is 23.8 Å². The summed E-state index contributed by atoms with van der Waals surface area (Å²) in [6, 6.07) is 6.42. The second-order valence-corrected chi connectivity index (χ2v) is 6.76. The fourth-order valence-electron chi connectivity index (χ4n) is 3.37. The first-order chi connectivity index (χ1) is 14.4. The minimum atomic E-state index is -0.667. The molecule has 2 unspecified atom stereocenters. The first-order valence-electron chi connectivity index (χ1n) is 9.15. The Morgan fingerprint density at radius 3 is 2.70 bits per heavy atom. The van der Waals surface area contributed by atoms with E-state index in [0.29, 0.717) is 29.1 Å². The molecule has 1 saturated heterocycles. The third-order valence-corrected chi connectivity index (χ3v) is 4.83. The molecule has 0 aliphatic carbocycles. The predicted molar refractivity (Wildman–Crippen MR) is 105 cm³/mol. The van der Waals surface area contributed by atoms with E-state index in [9.17, 15) is 14.4 Å². The Hall–Kier alpha value is -3.78. The fraction of sp³-hybridized carbons (Fsp3) is 0.368. The molecule has 0 spiro atoms. The van der Waals surface area contributed by atoms with Crippen molar-refractivity contribution in [2.24, 2.45) is 0 Å². The van der Waals surface area contributed by atoms with Crippen molar-refractivity contribution in [2.75, 3.05) is 32.7 Å². The first-order valence-corrected chi connectivity index (χ1v) is 9.15. The van der Waals surface area contributed by atoms with Gasteiger partial charge >= 0.3 is 12.2 Å². The zero-order valence-electron chi connectivity index (χ0n) is 16.8. The first kappa shape index (κ1) is 20.9. The number of amides is 3. The number of hydrogen-bond acceptors (Lipinski definition) is 8. The van der Waals surface area contributed by atoms with Crippen molar-refractivity contribution in [3.8, 4) is 6.07 Å². The highest BCUT2D eigenvalue weighted by Gasteiger charge is 2.39. The number of nitrogens with zero attached hydrogens (tertiary/aromatic N) is 3. The summed E-state index contributed by atoms with van der Waals surface area (Å²) in [7, 11) is 2.50. The largest absolute Gasteiger partial charge is 0.453 e. The molecule has 11 heteroatoms. The molecule has 158 valence electrons. The van der Waals surface area contributed by atoms with Gasteiger partial charge in [-0.3, -0.25) is 15.1 Å². The summed E-state index contributed by atoms with van der Waals surface area (Å²) in [6.07, 6.45) is 0.456. The Morgan fingerprint density at radius 2 is 2.03 bits per heavy atom. The van der Waals surface area contributed by atoms with Crippen molar-refractivity contribution in [1.82, 2.24) is 20.7 Å². The van der Waals surface area contributed by atoms with E-state index < -0.39 is 18.2 Å². The maximum atomic E-state index is 12.9. The molecule has 1 aromatic rings. The van der Waals surface area contributed by atoms with Crippen LogP contribution in [0.4, 0.5) is 15.3 Å². The Morgan fingerprint density at radius 1 is 1.30 bits per heavy atom. The van der Waals surface area contributed by atoms with Crippen LogP contribution in [0.1, 0.15) is 24.1 Å². The van der Waals surface area contributed by atoms with Gasteiger partial charge in [0.05, 0.1) is 50.3 Å². The van der Waals surface area contributed by atoms with Crippen LogP contribution in [-0.4, -0.2) is 61.5 Å². The highest BCUT2D eigenvalue weighted by Crippen LogP contribution is 2.34. The number of benzene rings is 1. The average Bonchev–Trinajstić information content (AvgIpc) is 3.20. The van der Waals surface area contributed by atoms with Gasteiger partial charge in [0.2, 0.25) is 0 Å². The Balaban J connectivity index is 1.87. The summed E-state index contributed by atoms with van der Waals surface area (Å²) in [6.45, 7) is 2.35. The predicted octanol–water partition coefficient (Wildman–Crippen LogP) is 1.03. The van der Waals surface area contributed by atoms with Gasteiger partial charge in [-0.15, -0.1) is 0 Å². The van der Waals surface area contributed by atoms with Crippen LogP contribution in [-0.2, 0) is 14.3 Å². The molecule has 1 aromatic carbocycles. The molecule has 2 atom stereocenters. The second-order valence-electron chi connectivity index (χ2n) is 6.76. The number of alkyl carbamates (subject to hydrolysis) is 1. The monoisotopic (exact) mass is 414 g/mol. The number of carbonyl (C=O) groups is 3. The van der Waals surface area contributed by atoms with Crippen molar-refractivity contribution in [2.45, 2.75) is 19.0 Å². The van der Waals surface area contributed by atoms with Gasteiger partial charge in [0.1, 0.15) is 5.70 Å². The fourth-order valence-corrected chi connectivity index (χ4v) is 3.37. The number of rotatable bonds is 4. The maximum Gasteiger partial charge on any atom is 0.411 e. The van der Waals surface area contributed by atoms with Crippen LogP contribution in [0, 0.1) is 11.3 Å². The molecular weight excluding hydrogens is 392 g/mol. The number of piperazine rings is 1. The molecular formula is C19H22N6O5. The van der Waals surface area contributed by atoms with Crippen LogP contribution in [0.3, 0.4) is 0 Å². The van der Waals surface area contributed by atoms with E-state index in [2.05, 4.69) is 25.5 Å². The molecule has 0 radical (unpaired) electrons. The highest BCUT2D eigenvalue weighted by molar-refractivity contribution is 5.94. The molecule has 1 fully saturated rings. The summed E-state index contributed by atoms with van der Waals surface area (Å²) < 4.78 is 9.20. The smallest absolute Gasteiger partial charge is 0.411 e. The molecule has 2 aliphatic rings. The van der Waals surface area contributed by atoms with E-state index in [-0.39, 0.29) is 18.6 Å². The van der Waals surface area contributed by atoms with E-state index in [1.165, 1.54) is 19.1 Å². The van der Waals surface area contributed by atoms with Crippen molar-refractivity contribution in [1.29, 1.82) is 5.26 Å². The molecule has 11 nitrogen and oxygen atoms in total. The topological polar surface area (TPSA) is 136 Å². The van der Waals surface area contributed by atoms with Gasteiger partial charge in [0.15, 0.2) is 0 Å². The van der Waals surface area contributed by atoms with Crippen LogP contribution in [0.2, 0.25) is 0 Å². The lowest BCUT2D eigenvalue weighted by molar-refractivity contribution is -0.134. The van der Waals surface area contributed by atoms with E-state index in [1.54, 1.807) is 29.3 Å². The number of ether oxygens (including phenoxy) is 2. The van der Waals surface area contributed by atoms with E-state index in [0.717, 1.165) is 0 Å². The number of anilines is 1. The lowest BCUT2D eigenvalue weighted by Crippen LogP contribution is -2.57. The third-order valence-electron chi connectivity index (χ3n) is 4.83. The van der Waals surface area contributed by atoms with Crippen LogP contribution in [0.5, 0.6) is 0 Å². The second kappa shape index (κ2) is 8.71. The van der Waals surface area contributed by atoms with E-state index >= 15 is 0 Å². The zero-order chi connectivity index (χ0) is 21.8. The van der Waals surface area contributed by atoms with Crippen molar-refractivity contribution in [3.05, 3.63) is 41.1 Å². The summed E-state index contributed by atoms with van der Waals surface area (Å²) in [4.78, 5) is 37.5. The third kappa shape index (κ3) is 4.13. The van der Waals surface area contributed by atoms with Crippen LogP contribution in [0.25, 0.3) is 0 Å². The molecule has 0 saturated carbocycles. The number of nitriles is 1. The normalized spacial score (nSPS) is 20.1. The Labute approximate surface area is 173 Å². The molecule has 0 bridgehead atoms. The molecule has 3 N–H and O–H groups in total. The lowest BCUT2D eigenvalue weighted by Gasteiger charge is -2.39. The summed E-state index contributed by atoms with van der Waals surface area (Å²) in [5.74, 6) is -0.254. The number of hydrazine groups is 1. The Kier molecular flexibility index (Phi) is 6.08. The molecule has 3 rings (SSSR count). The maximum absolute atomic E-state index is 12.9. The van der Waals surface area contributed by atoms with Gasteiger partial charge < -0.3 is 19.7 Å². The van der Waals surface area contributed by atoms with Gasteiger partial charge in [0, 0.05) is 6.54 Å².